The Bertz CT molecular complexity index is 702. The van der Waals surface area contributed by atoms with Crippen molar-refractivity contribution in [1.82, 2.24) is 15.1 Å². The van der Waals surface area contributed by atoms with Crippen molar-refractivity contribution in [3.63, 3.8) is 0 Å². The largest absolute Gasteiger partial charge is 0.381 e. The third-order valence-corrected chi connectivity index (χ3v) is 3.90. The second-order valence-corrected chi connectivity index (χ2v) is 5.88. The standard InChI is InChI=1S/C15H17BrN4O3/c1-20-8-10(13(16)19-20)15(23)18-11(12(21)14(17)22)7-9-5-3-2-4-6-9/h2-6,8,11-12,21H,7H2,1H3,(H2,17,22)(H,18,23). The van der Waals surface area contributed by atoms with Crippen molar-refractivity contribution in [3.8, 4) is 0 Å². The molecule has 1 aromatic heterocycles. The summed E-state index contributed by atoms with van der Waals surface area (Å²) in [6.45, 7) is 0. The summed E-state index contributed by atoms with van der Waals surface area (Å²) in [7, 11) is 1.68. The summed E-state index contributed by atoms with van der Waals surface area (Å²) in [5.74, 6) is -1.34. The molecule has 2 amide bonds. The lowest BCUT2D eigenvalue weighted by atomic mass is 10.0. The molecule has 122 valence electrons. The number of halogens is 1. The number of nitrogens with one attached hydrogen (secondary N) is 1. The number of aromatic nitrogens is 2. The van der Waals surface area contributed by atoms with E-state index in [1.54, 1.807) is 7.05 Å². The maximum atomic E-state index is 12.3. The van der Waals surface area contributed by atoms with Gasteiger partial charge in [-0.3, -0.25) is 14.3 Å². The Balaban J connectivity index is 2.18. The molecule has 1 aromatic carbocycles. The number of hydrogen-bond donors (Lipinski definition) is 3. The predicted octanol–water partition coefficient (Wildman–Crippen LogP) is 0.370. The molecule has 0 aliphatic heterocycles. The van der Waals surface area contributed by atoms with Gasteiger partial charge in [-0.1, -0.05) is 30.3 Å². The zero-order valence-electron chi connectivity index (χ0n) is 12.4. The second kappa shape index (κ2) is 7.38. The molecule has 4 N–H and O–H groups in total. The molecule has 1 heterocycles. The van der Waals surface area contributed by atoms with E-state index in [1.807, 2.05) is 30.3 Å². The lowest BCUT2D eigenvalue weighted by Gasteiger charge is -2.22. The first-order chi connectivity index (χ1) is 10.9. The summed E-state index contributed by atoms with van der Waals surface area (Å²) in [6, 6.07) is 8.37. The number of carbonyl (C=O) groups is 2. The summed E-state index contributed by atoms with van der Waals surface area (Å²) >= 11 is 3.19. The topological polar surface area (TPSA) is 110 Å². The van der Waals surface area contributed by atoms with Crippen LogP contribution >= 0.6 is 15.9 Å². The third kappa shape index (κ3) is 4.40. The Kier molecular flexibility index (Phi) is 5.51. The quantitative estimate of drug-likeness (QED) is 0.672. The number of amides is 2. The fourth-order valence-electron chi connectivity index (χ4n) is 2.17. The molecule has 8 heteroatoms. The molecule has 0 radical (unpaired) electrons. The molecular formula is C15H17BrN4O3. The highest BCUT2D eigenvalue weighted by molar-refractivity contribution is 9.10. The zero-order valence-corrected chi connectivity index (χ0v) is 14.0. The van der Waals surface area contributed by atoms with Crippen LogP contribution in [0, 0.1) is 0 Å². The minimum absolute atomic E-state index is 0.272. The second-order valence-electron chi connectivity index (χ2n) is 5.12. The Hall–Kier alpha value is -2.19. The van der Waals surface area contributed by atoms with E-state index < -0.39 is 24.0 Å². The van der Waals surface area contributed by atoms with E-state index in [-0.39, 0.29) is 6.42 Å². The molecule has 23 heavy (non-hydrogen) atoms. The van der Waals surface area contributed by atoms with Crippen LogP contribution in [0.25, 0.3) is 0 Å². The molecule has 0 spiro atoms. The van der Waals surface area contributed by atoms with Gasteiger partial charge >= 0.3 is 0 Å². The number of aliphatic hydroxyl groups excluding tert-OH is 1. The van der Waals surface area contributed by atoms with Gasteiger partial charge in [0.15, 0.2) is 6.10 Å². The van der Waals surface area contributed by atoms with Crippen LogP contribution in [0.1, 0.15) is 15.9 Å². The molecule has 2 rings (SSSR count). The molecule has 0 aliphatic carbocycles. The van der Waals surface area contributed by atoms with Crippen molar-refractivity contribution >= 4 is 27.7 Å². The van der Waals surface area contributed by atoms with Gasteiger partial charge in [-0.2, -0.15) is 5.10 Å². The minimum Gasteiger partial charge on any atom is -0.381 e. The molecule has 0 fully saturated rings. The maximum absolute atomic E-state index is 12.3. The summed E-state index contributed by atoms with van der Waals surface area (Å²) < 4.78 is 1.86. The minimum atomic E-state index is -1.49. The van der Waals surface area contributed by atoms with Crippen molar-refractivity contribution in [2.45, 2.75) is 18.6 Å². The van der Waals surface area contributed by atoms with Crippen LogP contribution in [0.5, 0.6) is 0 Å². The molecule has 0 bridgehead atoms. The molecule has 2 atom stereocenters. The maximum Gasteiger partial charge on any atom is 0.255 e. The number of aliphatic hydroxyl groups is 1. The summed E-state index contributed by atoms with van der Waals surface area (Å²) in [5.41, 5.74) is 6.34. The van der Waals surface area contributed by atoms with Crippen molar-refractivity contribution in [2.24, 2.45) is 12.8 Å². The van der Waals surface area contributed by atoms with Crippen molar-refractivity contribution in [3.05, 3.63) is 52.3 Å². The van der Waals surface area contributed by atoms with Gasteiger partial charge in [-0.05, 0) is 27.9 Å². The first-order valence-corrected chi connectivity index (χ1v) is 7.69. The number of benzene rings is 1. The van der Waals surface area contributed by atoms with E-state index in [0.29, 0.717) is 10.2 Å². The van der Waals surface area contributed by atoms with Gasteiger partial charge in [0.05, 0.1) is 11.6 Å². The van der Waals surface area contributed by atoms with Crippen molar-refractivity contribution in [2.75, 3.05) is 0 Å². The first-order valence-electron chi connectivity index (χ1n) is 6.89. The zero-order chi connectivity index (χ0) is 17.0. The van der Waals surface area contributed by atoms with Gasteiger partial charge in [0.2, 0.25) is 5.91 Å². The van der Waals surface area contributed by atoms with Gasteiger partial charge in [0.1, 0.15) is 4.60 Å². The molecule has 0 saturated heterocycles. The average molecular weight is 381 g/mol. The van der Waals surface area contributed by atoms with Crippen LogP contribution in [0.15, 0.2) is 41.1 Å². The van der Waals surface area contributed by atoms with E-state index in [9.17, 15) is 14.7 Å². The first kappa shape index (κ1) is 17.2. The monoisotopic (exact) mass is 380 g/mol. The normalized spacial score (nSPS) is 13.3. The fraction of sp³-hybridized carbons (Fsp3) is 0.267. The van der Waals surface area contributed by atoms with E-state index in [4.69, 9.17) is 5.73 Å². The number of nitrogens with two attached hydrogens (primary N) is 1. The Morgan fingerprint density at radius 1 is 1.39 bits per heavy atom. The van der Waals surface area contributed by atoms with Gasteiger partial charge in [0, 0.05) is 13.2 Å². The third-order valence-electron chi connectivity index (χ3n) is 3.32. The van der Waals surface area contributed by atoms with Crippen LogP contribution in [0.4, 0.5) is 0 Å². The number of rotatable bonds is 6. The highest BCUT2D eigenvalue weighted by Crippen LogP contribution is 2.14. The highest BCUT2D eigenvalue weighted by Gasteiger charge is 2.27. The predicted molar refractivity (Wildman–Crippen MR) is 87.5 cm³/mol. The average Bonchev–Trinajstić information content (AvgIpc) is 2.85. The lowest BCUT2D eigenvalue weighted by Crippen LogP contribution is -2.50. The lowest BCUT2D eigenvalue weighted by molar-refractivity contribution is -0.127. The van der Waals surface area contributed by atoms with Crippen LogP contribution in [0.2, 0.25) is 0 Å². The fourth-order valence-corrected chi connectivity index (χ4v) is 2.70. The van der Waals surface area contributed by atoms with E-state index >= 15 is 0 Å². The number of nitrogens with zero attached hydrogens (tertiary/aromatic N) is 2. The Labute approximate surface area is 141 Å². The summed E-state index contributed by atoms with van der Waals surface area (Å²) in [6.07, 6.45) is 0.319. The Morgan fingerprint density at radius 3 is 2.57 bits per heavy atom. The smallest absolute Gasteiger partial charge is 0.255 e. The van der Waals surface area contributed by atoms with Gasteiger partial charge < -0.3 is 16.2 Å². The van der Waals surface area contributed by atoms with E-state index in [0.717, 1.165) is 5.56 Å². The highest BCUT2D eigenvalue weighted by atomic mass is 79.9. The van der Waals surface area contributed by atoms with Gasteiger partial charge in [-0.25, -0.2) is 0 Å². The Morgan fingerprint density at radius 2 is 2.04 bits per heavy atom. The number of hydrogen-bond acceptors (Lipinski definition) is 4. The summed E-state index contributed by atoms with van der Waals surface area (Å²) in [4.78, 5) is 23.7. The van der Waals surface area contributed by atoms with Gasteiger partial charge in [-0.15, -0.1) is 0 Å². The van der Waals surface area contributed by atoms with Crippen LogP contribution in [-0.2, 0) is 18.3 Å². The van der Waals surface area contributed by atoms with Gasteiger partial charge in [0.25, 0.3) is 5.91 Å². The number of primary amides is 1. The molecule has 2 unspecified atom stereocenters. The number of carbonyl (C=O) groups excluding carboxylic acids is 2. The van der Waals surface area contributed by atoms with Crippen molar-refractivity contribution in [1.29, 1.82) is 0 Å². The molecular weight excluding hydrogens is 364 g/mol. The van der Waals surface area contributed by atoms with Crippen molar-refractivity contribution < 1.29 is 14.7 Å². The number of aryl methyl sites for hydroxylation is 1. The molecule has 7 nitrogen and oxygen atoms in total. The van der Waals surface area contributed by atoms with Crippen LogP contribution in [-0.4, -0.2) is 38.8 Å². The van der Waals surface area contributed by atoms with E-state index in [1.165, 1.54) is 10.9 Å². The van der Waals surface area contributed by atoms with E-state index in [2.05, 4.69) is 26.3 Å². The molecule has 0 saturated carbocycles. The van der Waals surface area contributed by atoms with Crippen LogP contribution in [0.3, 0.4) is 0 Å². The molecule has 0 aliphatic rings. The summed E-state index contributed by atoms with van der Waals surface area (Å²) in [5, 5.41) is 16.7. The molecule has 2 aromatic rings. The SMILES string of the molecule is Cn1cc(C(=O)NC(Cc2ccccc2)C(O)C(N)=O)c(Br)n1. The van der Waals surface area contributed by atoms with Crippen LogP contribution < -0.4 is 11.1 Å².